The van der Waals surface area contributed by atoms with Gasteiger partial charge in [-0.25, -0.2) is 0 Å². The van der Waals surface area contributed by atoms with Gasteiger partial charge in [0, 0.05) is 6.54 Å². The average Bonchev–Trinajstić information content (AvgIpc) is 3.15. The second kappa shape index (κ2) is 6.75. The fourth-order valence-corrected chi connectivity index (χ4v) is 3.19. The minimum atomic E-state index is -0.370. The van der Waals surface area contributed by atoms with E-state index in [1.165, 1.54) is 0 Å². The molecule has 1 unspecified atom stereocenters. The number of halogens is 1. The Morgan fingerprint density at radius 2 is 2.00 bits per heavy atom. The topological polar surface area (TPSA) is 73.6 Å². The standard InChI is InChI=1S/C16H22N2O3.ClH/c1-11(12-4-5-13-14(8-12)21-10-20-13)18-15(19)16(9-17)6-2-3-7-16;/h4-5,8,11H,2-3,6-7,9-10,17H2,1H3,(H,18,19);1H. The van der Waals surface area contributed by atoms with Crippen molar-refractivity contribution < 1.29 is 14.3 Å². The van der Waals surface area contributed by atoms with E-state index in [0.29, 0.717) is 6.54 Å². The first-order valence-corrected chi connectivity index (χ1v) is 7.55. The summed E-state index contributed by atoms with van der Waals surface area (Å²) in [4.78, 5) is 12.6. The van der Waals surface area contributed by atoms with Crippen LogP contribution in [0, 0.1) is 5.41 Å². The number of nitrogens with one attached hydrogen (secondary N) is 1. The molecule has 1 aliphatic carbocycles. The zero-order valence-corrected chi connectivity index (χ0v) is 13.6. The molecule has 0 saturated heterocycles. The van der Waals surface area contributed by atoms with Gasteiger partial charge in [-0.15, -0.1) is 12.4 Å². The lowest BCUT2D eigenvalue weighted by Crippen LogP contribution is -2.44. The molecule has 0 spiro atoms. The molecule has 1 amide bonds. The van der Waals surface area contributed by atoms with Crippen LogP contribution in [0.2, 0.25) is 0 Å². The number of fused-ring (bicyclic) bond motifs is 1. The number of benzene rings is 1. The van der Waals surface area contributed by atoms with Gasteiger partial charge in [0.1, 0.15) is 0 Å². The molecule has 3 rings (SSSR count). The van der Waals surface area contributed by atoms with Crippen molar-refractivity contribution in [3.63, 3.8) is 0 Å². The molecule has 0 bridgehead atoms. The van der Waals surface area contributed by atoms with E-state index in [4.69, 9.17) is 15.2 Å². The van der Waals surface area contributed by atoms with Crippen LogP contribution in [-0.4, -0.2) is 19.2 Å². The van der Waals surface area contributed by atoms with Gasteiger partial charge in [-0.05, 0) is 37.5 Å². The van der Waals surface area contributed by atoms with Crippen LogP contribution in [-0.2, 0) is 4.79 Å². The van der Waals surface area contributed by atoms with Gasteiger partial charge in [0.05, 0.1) is 11.5 Å². The summed E-state index contributed by atoms with van der Waals surface area (Å²) >= 11 is 0. The molecule has 1 fully saturated rings. The fourth-order valence-electron chi connectivity index (χ4n) is 3.19. The monoisotopic (exact) mass is 326 g/mol. The number of rotatable bonds is 4. The minimum absolute atomic E-state index is 0. The van der Waals surface area contributed by atoms with Crippen LogP contribution in [0.15, 0.2) is 18.2 Å². The maximum Gasteiger partial charge on any atom is 0.231 e. The first kappa shape index (κ1) is 16.9. The van der Waals surface area contributed by atoms with Crippen LogP contribution >= 0.6 is 12.4 Å². The third-order valence-electron chi connectivity index (χ3n) is 4.68. The molecule has 1 atom stereocenters. The van der Waals surface area contributed by atoms with Crippen molar-refractivity contribution in [1.29, 1.82) is 0 Å². The maximum absolute atomic E-state index is 12.6. The molecular weight excluding hydrogens is 304 g/mol. The molecule has 2 aliphatic rings. The van der Waals surface area contributed by atoms with Gasteiger partial charge < -0.3 is 20.5 Å². The largest absolute Gasteiger partial charge is 0.454 e. The van der Waals surface area contributed by atoms with Gasteiger partial charge in [-0.1, -0.05) is 18.9 Å². The number of carbonyl (C=O) groups is 1. The Bertz CT molecular complexity index is 544. The number of amides is 1. The molecule has 0 aromatic heterocycles. The van der Waals surface area contributed by atoms with Crippen molar-refractivity contribution in [2.75, 3.05) is 13.3 Å². The normalized spacial score (nSPS) is 19.4. The third-order valence-corrected chi connectivity index (χ3v) is 4.68. The predicted molar refractivity (Wildman–Crippen MR) is 86.3 cm³/mol. The Morgan fingerprint density at radius 1 is 1.32 bits per heavy atom. The number of hydrogen-bond acceptors (Lipinski definition) is 4. The van der Waals surface area contributed by atoms with E-state index in [-0.39, 0.29) is 36.6 Å². The molecular formula is C16H23ClN2O3. The highest BCUT2D eigenvalue weighted by Gasteiger charge is 2.40. The van der Waals surface area contributed by atoms with Gasteiger partial charge in [-0.2, -0.15) is 0 Å². The minimum Gasteiger partial charge on any atom is -0.454 e. The Morgan fingerprint density at radius 3 is 2.68 bits per heavy atom. The molecule has 5 nitrogen and oxygen atoms in total. The molecule has 122 valence electrons. The van der Waals surface area contributed by atoms with E-state index in [1.54, 1.807) is 0 Å². The van der Waals surface area contributed by atoms with Crippen molar-refractivity contribution in [1.82, 2.24) is 5.32 Å². The SMILES string of the molecule is CC(NC(=O)C1(CN)CCCC1)c1ccc2c(c1)OCO2.Cl. The van der Waals surface area contributed by atoms with Gasteiger partial charge in [0.25, 0.3) is 0 Å². The van der Waals surface area contributed by atoms with Crippen LogP contribution in [0.25, 0.3) is 0 Å². The van der Waals surface area contributed by atoms with Crippen molar-refractivity contribution >= 4 is 18.3 Å². The van der Waals surface area contributed by atoms with Gasteiger partial charge in [0.15, 0.2) is 11.5 Å². The lowest BCUT2D eigenvalue weighted by atomic mass is 9.85. The summed E-state index contributed by atoms with van der Waals surface area (Å²) < 4.78 is 10.7. The highest BCUT2D eigenvalue weighted by Crippen LogP contribution is 2.38. The van der Waals surface area contributed by atoms with Gasteiger partial charge >= 0.3 is 0 Å². The predicted octanol–water partition coefficient (Wildman–Crippen LogP) is 2.53. The molecule has 6 heteroatoms. The second-order valence-electron chi connectivity index (χ2n) is 6.00. The molecule has 1 aromatic carbocycles. The summed E-state index contributed by atoms with van der Waals surface area (Å²) in [5.41, 5.74) is 6.50. The Labute approximate surface area is 137 Å². The Hall–Kier alpha value is -1.46. The smallest absolute Gasteiger partial charge is 0.231 e. The summed E-state index contributed by atoms with van der Waals surface area (Å²) in [6, 6.07) is 5.70. The van der Waals surface area contributed by atoms with E-state index in [0.717, 1.165) is 42.7 Å². The highest BCUT2D eigenvalue weighted by atomic mass is 35.5. The number of nitrogens with two attached hydrogens (primary N) is 1. The van der Waals surface area contributed by atoms with E-state index in [2.05, 4.69) is 5.32 Å². The fraction of sp³-hybridized carbons (Fsp3) is 0.562. The van der Waals surface area contributed by atoms with Crippen LogP contribution < -0.4 is 20.5 Å². The molecule has 0 radical (unpaired) electrons. The van der Waals surface area contributed by atoms with Crippen molar-refractivity contribution in [2.24, 2.45) is 11.1 Å². The van der Waals surface area contributed by atoms with Crippen LogP contribution in [0.3, 0.4) is 0 Å². The first-order valence-electron chi connectivity index (χ1n) is 7.55. The summed E-state index contributed by atoms with van der Waals surface area (Å²) in [7, 11) is 0. The number of carbonyl (C=O) groups excluding carboxylic acids is 1. The lowest BCUT2D eigenvalue weighted by molar-refractivity contribution is -0.131. The number of ether oxygens (including phenoxy) is 2. The van der Waals surface area contributed by atoms with Crippen LogP contribution in [0.1, 0.15) is 44.2 Å². The van der Waals surface area contributed by atoms with Crippen LogP contribution in [0.5, 0.6) is 11.5 Å². The third kappa shape index (κ3) is 3.01. The Balaban J connectivity index is 0.00000176. The zero-order chi connectivity index (χ0) is 14.9. The maximum atomic E-state index is 12.6. The second-order valence-corrected chi connectivity index (χ2v) is 6.00. The molecule has 1 saturated carbocycles. The lowest BCUT2D eigenvalue weighted by Gasteiger charge is -2.28. The Kier molecular flexibility index (Phi) is 5.19. The van der Waals surface area contributed by atoms with Crippen molar-refractivity contribution in [3.05, 3.63) is 23.8 Å². The summed E-state index contributed by atoms with van der Waals surface area (Å²) in [6.07, 6.45) is 3.96. The van der Waals surface area contributed by atoms with E-state index < -0.39 is 0 Å². The van der Waals surface area contributed by atoms with E-state index in [1.807, 2.05) is 25.1 Å². The summed E-state index contributed by atoms with van der Waals surface area (Å²) in [5, 5.41) is 3.11. The van der Waals surface area contributed by atoms with Crippen LogP contribution in [0.4, 0.5) is 0 Å². The van der Waals surface area contributed by atoms with Gasteiger partial charge in [0.2, 0.25) is 12.7 Å². The first-order chi connectivity index (χ1) is 10.1. The molecule has 3 N–H and O–H groups in total. The molecule has 1 heterocycles. The molecule has 1 aromatic rings. The van der Waals surface area contributed by atoms with Crippen molar-refractivity contribution in [3.8, 4) is 11.5 Å². The van der Waals surface area contributed by atoms with E-state index >= 15 is 0 Å². The molecule has 1 aliphatic heterocycles. The number of hydrogen-bond donors (Lipinski definition) is 2. The molecule has 22 heavy (non-hydrogen) atoms. The summed E-state index contributed by atoms with van der Waals surface area (Å²) in [6.45, 7) is 2.66. The quantitative estimate of drug-likeness (QED) is 0.891. The average molecular weight is 327 g/mol. The van der Waals surface area contributed by atoms with E-state index in [9.17, 15) is 4.79 Å². The zero-order valence-electron chi connectivity index (χ0n) is 12.8. The highest BCUT2D eigenvalue weighted by molar-refractivity contribution is 5.85. The van der Waals surface area contributed by atoms with Crippen molar-refractivity contribution in [2.45, 2.75) is 38.6 Å². The van der Waals surface area contributed by atoms with Gasteiger partial charge in [-0.3, -0.25) is 4.79 Å². The summed E-state index contributed by atoms with van der Waals surface area (Å²) in [5.74, 6) is 1.57.